The molecule has 8 rings (SSSR count). The SMILES string of the molecule is CN(CCCN(C)CCNC(=O)c1c2nc3ccccc3c-2n(C)c2ccccc12)CCNC(=O)c1c2nc3ccccc3c-2n(C)c2ccccc12. The minimum atomic E-state index is -0.106. The summed E-state index contributed by atoms with van der Waals surface area (Å²) in [7, 11) is 8.24. The summed E-state index contributed by atoms with van der Waals surface area (Å²) in [5.74, 6) is -0.212. The third kappa shape index (κ3) is 6.23. The molecule has 0 aliphatic carbocycles. The van der Waals surface area contributed by atoms with Gasteiger partial charge in [-0.2, -0.15) is 0 Å². The third-order valence-corrected chi connectivity index (χ3v) is 10.5. The lowest BCUT2D eigenvalue weighted by Crippen LogP contribution is -2.36. The molecular formula is C43H44N8O2. The first-order valence-electron chi connectivity index (χ1n) is 18.3. The number of carbonyl (C=O) groups is 2. The maximum atomic E-state index is 13.7. The van der Waals surface area contributed by atoms with Crippen molar-refractivity contribution >= 4 is 55.4 Å². The lowest BCUT2D eigenvalue weighted by molar-refractivity contribution is 0.0944. The topological polar surface area (TPSA) is 100 Å². The summed E-state index contributed by atoms with van der Waals surface area (Å²) in [4.78, 5) is 41.8. The molecule has 0 saturated heterocycles. The fourth-order valence-corrected chi connectivity index (χ4v) is 7.81. The predicted octanol–water partition coefficient (Wildman–Crippen LogP) is 6.39. The maximum absolute atomic E-state index is 13.7. The molecule has 0 spiro atoms. The van der Waals surface area contributed by atoms with Gasteiger partial charge >= 0.3 is 0 Å². The third-order valence-electron chi connectivity index (χ3n) is 10.5. The monoisotopic (exact) mass is 704 g/mol. The molecule has 0 fully saturated rings. The molecule has 2 amide bonds. The molecule has 4 aliphatic rings. The Morgan fingerprint density at radius 1 is 0.547 bits per heavy atom. The Morgan fingerprint density at radius 3 is 1.36 bits per heavy atom. The Labute approximate surface area is 308 Å². The second-order valence-corrected chi connectivity index (χ2v) is 14.0. The van der Waals surface area contributed by atoms with Crippen LogP contribution >= 0.6 is 0 Å². The highest BCUT2D eigenvalue weighted by atomic mass is 16.2. The number of likely N-dealkylation sites (N-methyl/N-ethyl adjacent to an activating group) is 2. The number of aromatic nitrogens is 4. The van der Waals surface area contributed by atoms with Gasteiger partial charge in [0.05, 0.1) is 33.5 Å². The fourth-order valence-electron chi connectivity index (χ4n) is 7.81. The smallest absolute Gasteiger partial charge is 0.254 e. The van der Waals surface area contributed by atoms with Crippen molar-refractivity contribution in [3.8, 4) is 22.8 Å². The van der Waals surface area contributed by atoms with Crippen LogP contribution in [0.15, 0.2) is 97.1 Å². The van der Waals surface area contributed by atoms with Gasteiger partial charge in [0, 0.05) is 72.9 Å². The molecule has 10 heteroatoms. The van der Waals surface area contributed by atoms with Crippen LogP contribution in [0.2, 0.25) is 0 Å². The minimum absolute atomic E-state index is 0.106. The highest BCUT2D eigenvalue weighted by molar-refractivity contribution is 6.16. The Hall–Kier alpha value is -5.84. The van der Waals surface area contributed by atoms with Crippen molar-refractivity contribution in [3.05, 3.63) is 108 Å². The first-order valence-corrected chi connectivity index (χ1v) is 18.3. The molecule has 4 aliphatic heterocycles. The number of rotatable bonds is 12. The number of nitrogens with zero attached hydrogens (tertiary/aromatic N) is 6. The van der Waals surface area contributed by atoms with E-state index in [1.165, 1.54) is 0 Å². The number of benzene rings is 4. The Balaban J connectivity index is 0.840. The Kier molecular flexibility index (Phi) is 9.24. The molecule has 0 atom stereocenters. The molecule has 0 aromatic heterocycles. The summed E-state index contributed by atoms with van der Waals surface area (Å²) < 4.78 is 4.28. The first-order chi connectivity index (χ1) is 25.8. The van der Waals surface area contributed by atoms with E-state index in [9.17, 15) is 9.59 Å². The summed E-state index contributed by atoms with van der Waals surface area (Å²) in [6.45, 7) is 4.29. The summed E-state index contributed by atoms with van der Waals surface area (Å²) >= 11 is 0. The lowest BCUT2D eigenvalue weighted by Gasteiger charge is -2.21. The number of amides is 2. The second-order valence-electron chi connectivity index (χ2n) is 14.0. The van der Waals surface area contributed by atoms with Gasteiger partial charge in [-0.3, -0.25) is 9.59 Å². The van der Waals surface area contributed by atoms with E-state index < -0.39 is 0 Å². The quantitative estimate of drug-likeness (QED) is 0.153. The van der Waals surface area contributed by atoms with Crippen molar-refractivity contribution < 1.29 is 9.59 Å². The average molecular weight is 705 g/mol. The van der Waals surface area contributed by atoms with Crippen molar-refractivity contribution in [1.82, 2.24) is 39.5 Å². The van der Waals surface area contributed by atoms with Crippen LogP contribution in [0.1, 0.15) is 27.1 Å². The zero-order valence-electron chi connectivity index (χ0n) is 30.7. The highest BCUT2D eigenvalue weighted by Gasteiger charge is 2.27. The summed E-state index contributed by atoms with van der Waals surface area (Å²) in [5, 5.41) is 10.2. The molecule has 268 valence electrons. The van der Waals surface area contributed by atoms with Gasteiger partial charge in [-0.1, -0.05) is 72.8 Å². The van der Waals surface area contributed by atoms with Gasteiger partial charge in [0.25, 0.3) is 11.8 Å². The van der Waals surface area contributed by atoms with Crippen LogP contribution in [0.5, 0.6) is 0 Å². The molecule has 2 N–H and O–H groups in total. The average Bonchev–Trinajstić information content (AvgIpc) is 3.74. The van der Waals surface area contributed by atoms with E-state index in [1.54, 1.807) is 0 Å². The number of fused-ring (bicyclic) bond motifs is 8. The van der Waals surface area contributed by atoms with Gasteiger partial charge < -0.3 is 29.6 Å². The molecular weight excluding hydrogens is 661 g/mol. The molecule has 10 nitrogen and oxygen atoms in total. The lowest BCUT2D eigenvalue weighted by atomic mass is 10.0. The van der Waals surface area contributed by atoms with Crippen LogP contribution in [0.4, 0.5) is 0 Å². The molecule has 4 heterocycles. The van der Waals surface area contributed by atoms with E-state index in [1.807, 2.05) is 86.9 Å². The van der Waals surface area contributed by atoms with Crippen LogP contribution in [-0.4, -0.2) is 94.1 Å². The van der Waals surface area contributed by atoms with Crippen molar-refractivity contribution in [2.75, 3.05) is 53.4 Å². The number of carbonyl (C=O) groups excluding carboxylic acids is 2. The number of aryl methyl sites for hydroxylation is 2. The van der Waals surface area contributed by atoms with E-state index in [-0.39, 0.29) is 11.8 Å². The van der Waals surface area contributed by atoms with Gasteiger partial charge in [0.2, 0.25) is 0 Å². The fraction of sp³-hybridized carbons (Fsp3) is 0.256. The van der Waals surface area contributed by atoms with Crippen LogP contribution in [-0.2, 0) is 14.1 Å². The van der Waals surface area contributed by atoms with Crippen LogP contribution in [0, 0.1) is 0 Å². The largest absolute Gasteiger partial charge is 0.351 e. The molecule has 0 saturated carbocycles. The highest BCUT2D eigenvalue weighted by Crippen LogP contribution is 2.39. The molecule has 4 aromatic carbocycles. The van der Waals surface area contributed by atoms with E-state index in [0.717, 1.165) is 99.0 Å². The molecule has 0 radical (unpaired) electrons. The number of nitrogens with one attached hydrogen (secondary N) is 2. The molecule has 53 heavy (non-hydrogen) atoms. The van der Waals surface area contributed by atoms with Crippen LogP contribution < -0.4 is 10.6 Å². The second kappa shape index (κ2) is 14.3. The zero-order valence-corrected chi connectivity index (χ0v) is 30.7. The van der Waals surface area contributed by atoms with Gasteiger partial charge in [-0.05, 0) is 57.9 Å². The van der Waals surface area contributed by atoms with Gasteiger partial charge in [-0.15, -0.1) is 0 Å². The maximum Gasteiger partial charge on any atom is 0.254 e. The minimum Gasteiger partial charge on any atom is -0.351 e. The Bertz CT molecular complexity index is 2390. The molecule has 4 aromatic rings. The van der Waals surface area contributed by atoms with Gasteiger partial charge in [-0.25, -0.2) is 9.97 Å². The van der Waals surface area contributed by atoms with E-state index >= 15 is 0 Å². The van der Waals surface area contributed by atoms with E-state index in [0.29, 0.717) is 24.2 Å². The summed E-state index contributed by atoms with van der Waals surface area (Å²) in [6.07, 6.45) is 0.962. The Morgan fingerprint density at radius 2 is 0.925 bits per heavy atom. The number of pyridine rings is 2. The predicted molar refractivity (Wildman–Crippen MR) is 214 cm³/mol. The molecule has 0 unspecified atom stereocenters. The van der Waals surface area contributed by atoms with Crippen LogP contribution in [0.3, 0.4) is 0 Å². The standard InChI is InChI=1S/C43H44N8O2/c1-48(26-22-44-42(52)36-30-16-7-11-20-34(30)50(3)40-28-14-5-9-18-32(28)46-38(36)40)24-13-25-49(2)27-23-45-43(53)37-31-17-8-12-21-35(31)51(4)41-29-15-6-10-19-33(29)47-39(37)41/h5-12,14-21H,13,22-27H2,1-4H3,(H,44,52)(H,45,53). The van der Waals surface area contributed by atoms with Crippen molar-refractivity contribution in [2.45, 2.75) is 6.42 Å². The van der Waals surface area contributed by atoms with Crippen molar-refractivity contribution in [3.63, 3.8) is 0 Å². The van der Waals surface area contributed by atoms with Gasteiger partial charge in [0.15, 0.2) is 0 Å². The summed E-state index contributed by atoms with van der Waals surface area (Å²) in [5.41, 5.74) is 8.42. The van der Waals surface area contributed by atoms with E-state index in [4.69, 9.17) is 9.97 Å². The number of hydrogen-bond donors (Lipinski definition) is 2. The van der Waals surface area contributed by atoms with Crippen molar-refractivity contribution in [1.29, 1.82) is 0 Å². The van der Waals surface area contributed by atoms with E-state index in [2.05, 4.69) is 67.9 Å². The summed E-state index contributed by atoms with van der Waals surface area (Å²) in [6, 6.07) is 32.2. The van der Waals surface area contributed by atoms with Crippen molar-refractivity contribution in [2.24, 2.45) is 14.1 Å². The molecule has 0 bridgehead atoms. The van der Waals surface area contributed by atoms with Crippen LogP contribution in [0.25, 0.3) is 66.4 Å². The zero-order chi connectivity index (χ0) is 36.6. The van der Waals surface area contributed by atoms with Gasteiger partial charge in [0.1, 0.15) is 11.4 Å². The normalized spacial score (nSPS) is 12.0. The first kappa shape index (κ1) is 34.3. The number of para-hydroxylation sites is 4. The number of hydrogen-bond acceptors (Lipinski definition) is 6.